The Morgan fingerprint density at radius 3 is 2.58 bits per heavy atom. The molecule has 1 aliphatic heterocycles. The van der Waals surface area contributed by atoms with Crippen molar-refractivity contribution in [1.29, 1.82) is 0 Å². The minimum Gasteiger partial charge on any atom is -0.497 e. The van der Waals surface area contributed by atoms with Crippen LogP contribution in [0.4, 0.5) is 4.79 Å². The summed E-state index contributed by atoms with van der Waals surface area (Å²) in [6.07, 6.45) is 5.21. The third-order valence-electron chi connectivity index (χ3n) is 4.05. The summed E-state index contributed by atoms with van der Waals surface area (Å²) in [5.74, 6) is 0.460. The van der Waals surface area contributed by atoms with E-state index in [1.807, 2.05) is 61.5 Å². The van der Waals surface area contributed by atoms with Gasteiger partial charge in [0.1, 0.15) is 11.4 Å². The fourth-order valence-corrected chi connectivity index (χ4v) is 2.69. The molecule has 1 saturated heterocycles. The molecule has 0 saturated carbocycles. The average Bonchev–Trinajstić information content (AvgIpc) is 2.90. The number of ether oxygens (including phenoxy) is 1. The second-order valence-corrected chi connectivity index (χ2v) is 6.02. The molecule has 0 spiro atoms. The van der Waals surface area contributed by atoms with Crippen LogP contribution in [0.15, 0.2) is 66.4 Å². The molecule has 0 aromatic heterocycles. The summed E-state index contributed by atoms with van der Waals surface area (Å²) in [7, 11) is 1.62. The highest BCUT2D eigenvalue weighted by molar-refractivity contribution is 6.11. The van der Waals surface area contributed by atoms with E-state index in [9.17, 15) is 9.59 Å². The van der Waals surface area contributed by atoms with Crippen LogP contribution in [0.2, 0.25) is 0 Å². The normalized spacial score (nSPS) is 15.8. The Hall–Kier alpha value is -3.34. The highest BCUT2D eigenvalue weighted by Crippen LogP contribution is 2.16. The van der Waals surface area contributed by atoms with Crippen LogP contribution in [0.25, 0.3) is 6.08 Å². The molecule has 2 aromatic carbocycles. The van der Waals surface area contributed by atoms with Gasteiger partial charge in [0.2, 0.25) is 0 Å². The number of imide groups is 1. The van der Waals surface area contributed by atoms with Crippen LogP contribution in [0, 0.1) is 6.92 Å². The fourth-order valence-electron chi connectivity index (χ4n) is 2.69. The molecule has 0 atom stereocenters. The number of nitrogens with one attached hydrogen (secondary N) is 1. The number of nitrogens with zero attached hydrogens (tertiary/aromatic N) is 1. The quantitative estimate of drug-likeness (QED) is 0.663. The van der Waals surface area contributed by atoms with Crippen molar-refractivity contribution in [3.63, 3.8) is 0 Å². The van der Waals surface area contributed by atoms with Crippen LogP contribution in [-0.4, -0.2) is 23.9 Å². The summed E-state index contributed by atoms with van der Waals surface area (Å²) in [6, 6.07) is 14.9. The Morgan fingerprint density at radius 2 is 1.88 bits per heavy atom. The molecule has 26 heavy (non-hydrogen) atoms. The molecule has 132 valence electrons. The lowest BCUT2D eigenvalue weighted by molar-refractivity contribution is -0.123. The van der Waals surface area contributed by atoms with Crippen molar-refractivity contribution in [1.82, 2.24) is 10.2 Å². The molecule has 1 N–H and O–H groups in total. The zero-order valence-electron chi connectivity index (χ0n) is 14.7. The number of carbonyl (C=O) groups excluding carboxylic acids is 2. The highest BCUT2D eigenvalue weighted by atomic mass is 16.5. The number of urea groups is 1. The number of carbonyl (C=O) groups is 2. The van der Waals surface area contributed by atoms with E-state index in [1.54, 1.807) is 19.3 Å². The maximum atomic E-state index is 12.5. The Balaban J connectivity index is 1.69. The van der Waals surface area contributed by atoms with Gasteiger partial charge in [-0.15, -0.1) is 0 Å². The van der Waals surface area contributed by atoms with Gasteiger partial charge >= 0.3 is 6.03 Å². The fraction of sp³-hybridized carbons (Fsp3) is 0.143. The molecule has 1 heterocycles. The molecular formula is C21H20N2O3. The summed E-state index contributed by atoms with van der Waals surface area (Å²) in [5, 5.41) is 2.62. The van der Waals surface area contributed by atoms with E-state index in [0.717, 1.165) is 22.4 Å². The van der Waals surface area contributed by atoms with Gasteiger partial charge in [0.15, 0.2) is 0 Å². The van der Waals surface area contributed by atoms with Crippen LogP contribution in [0.3, 0.4) is 0 Å². The summed E-state index contributed by atoms with van der Waals surface area (Å²) in [6.45, 7) is 2.23. The van der Waals surface area contributed by atoms with Crippen molar-refractivity contribution in [3.05, 3.63) is 83.1 Å². The van der Waals surface area contributed by atoms with Crippen molar-refractivity contribution >= 4 is 18.0 Å². The van der Waals surface area contributed by atoms with E-state index in [0.29, 0.717) is 0 Å². The summed E-state index contributed by atoms with van der Waals surface area (Å²) in [5.41, 5.74) is 3.25. The van der Waals surface area contributed by atoms with Gasteiger partial charge in [-0.05, 0) is 36.3 Å². The number of amides is 3. The van der Waals surface area contributed by atoms with Crippen LogP contribution < -0.4 is 10.1 Å². The van der Waals surface area contributed by atoms with Gasteiger partial charge in [-0.1, -0.05) is 54.1 Å². The molecule has 0 aliphatic carbocycles. The largest absolute Gasteiger partial charge is 0.497 e. The van der Waals surface area contributed by atoms with Gasteiger partial charge in [-0.3, -0.25) is 9.69 Å². The Morgan fingerprint density at radius 1 is 1.12 bits per heavy atom. The van der Waals surface area contributed by atoms with Crippen molar-refractivity contribution in [3.8, 4) is 5.75 Å². The monoisotopic (exact) mass is 348 g/mol. The number of aryl methyl sites for hydroxylation is 1. The van der Waals surface area contributed by atoms with Gasteiger partial charge in [0.05, 0.1) is 13.7 Å². The van der Waals surface area contributed by atoms with E-state index in [-0.39, 0.29) is 18.1 Å². The maximum absolute atomic E-state index is 12.5. The molecular weight excluding hydrogens is 328 g/mol. The van der Waals surface area contributed by atoms with E-state index < -0.39 is 6.03 Å². The minimum absolute atomic E-state index is 0.256. The molecule has 0 bridgehead atoms. The molecule has 1 fully saturated rings. The lowest BCUT2D eigenvalue weighted by Gasteiger charge is -2.12. The molecule has 3 rings (SSSR count). The smallest absolute Gasteiger partial charge is 0.329 e. The first-order chi connectivity index (χ1) is 12.6. The SMILES string of the molecule is COc1ccc(/C=C/C=C2/NC(=O)N(Cc3cccc(C)c3)C2=O)cc1. The molecule has 2 aromatic rings. The van der Waals surface area contributed by atoms with Gasteiger partial charge in [0.25, 0.3) is 5.91 Å². The first kappa shape index (κ1) is 17.5. The first-order valence-corrected chi connectivity index (χ1v) is 8.27. The number of methoxy groups -OCH3 is 1. The predicted molar refractivity (Wildman–Crippen MR) is 100 cm³/mol. The summed E-state index contributed by atoms with van der Waals surface area (Å²) < 4.78 is 5.12. The molecule has 1 aliphatic rings. The van der Waals surface area contributed by atoms with Crippen LogP contribution >= 0.6 is 0 Å². The third kappa shape index (κ3) is 4.00. The Bertz CT molecular complexity index is 882. The number of rotatable bonds is 5. The number of benzene rings is 2. The van der Waals surface area contributed by atoms with E-state index >= 15 is 0 Å². The zero-order chi connectivity index (χ0) is 18.5. The topological polar surface area (TPSA) is 58.6 Å². The number of allylic oxidation sites excluding steroid dienone is 2. The van der Waals surface area contributed by atoms with Crippen LogP contribution in [0.5, 0.6) is 5.75 Å². The maximum Gasteiger partial charge on any atom is 0.329 e. The molecule has 5 heteroatoms. The second kappa shape index (κ2) is 7.70. The van der Waals surface area contributed by atoms with Gasteiger partial charge < -0.3 is 10.1 Å². The standard InChI is InChI=1S/C21H20N2O3/c1-15-5-3-7-17(13-15)14-23-20(24)19(22-21(23)25)8-4-6-16-9-11-18(26-2)12-10-16/h3-13H,14H2,1-2H3,(H,22,25)/b6-4+,19-8+. The Kier molecular flexibility index (Phi) is 5.17. The van der Waals surface area contributed by atoms with E-state index in [2.05, 4.69) is 5.32 Å². The molecule has 3 amide bonds. The van der Waals surface area contributed by atoms with Gasteiger partial charge in [0, 0.05) is 0 Å². The van der Waals surface area contributed by atoms with Crippen molar-refractivity contribution < 1.29 is 14.3 Å². The molecule has 0 radical (unpaired) electrons. The van der Waals surface area contributed by atoms with Crippen molar-refractivity contribution in [2.45, 2.75) is 13.5 Å². The number of hydrogen-bond acceptors (Lipinski definition) is 3. The van der Waals surface area contributed by atoms with E-state index in [1.165, 1.54) is 4.90 Å². The van der Waals surface area contributed by atoms with E-state index in [4.69, 9.17) is 4.74 Å². The molecule has 0 unspecified atom stereocenters. The minimum atomic E-state index is -0.402. The summed E-state index contributed by atoms with van der Waals surface area (Å²) >= 11 is 0. The summed E-state index contributed by atoms with van der Waals surface area (Å²) in [4.78, 5) is 25.8. The molecule has 5 nitrogen and oxygen atoms in total. The lowest BCUT2D eigenvalue weighted by atomic mass is 10.1. The predicted octanol–water partition coefficient (Wildman–Crippen LogP) is 3.65. The second-order valence-electron chi connectivity index (χ2n) is 6.02. The van der Waals surface area contributed by atoms with Crippen molar-refractivity contribution in [2.75, 3.05) is 7.11 Å². The third-order valence-corrected chi connectivity index (χ3v) is 4.05. The lowest BCUT2D eigenvalue weighted by Crippen LogP contribution is -2.30. The van der Waals surface area contributed by atoms with Crippen LogP contribution in [-0.2, 0) is 11.3 Å². The van der Waals surface area contributed by atoms with Gasteiger partial charge in [-0.25, -0.2) is 4.79 Å². The highest BCUT2D eigenvalue weighted by Gasteiger charge is 2.33. The number of hydrogen-bond donors (Lipinski definition) is 1. The van der Waals surface area contributed by atoms with Gasteiger partial charge in [-0.2, -0.15) is 0 Å². The van der Waals surface area contributed by atoms with Crippen molar-refractivity contribution in [2.24, 2.45) is 0 Å². The van der Waals surface area contributed by atoms with Crippen LogP contribution in [0.1, 0.15) is 16.7 Å². The average molecular weight is 348 g/mol. The zero-order valence-corrected chi connectivity index (χ0v) is 14.7. The Labute approximate surface area is 152 Å². The first-order valence-electron chi connectivity index (χ1n) is 8.27.